The van der Waals surface area contributed by atoms with Crippen LogP contribution in [0.4, 0.5) is 0 Å². The molecule has 0 saturated carbocycles. The molecule has 0 unspecified atom stereocenters. The summed E-state index contributed by atoms with van der Waals surface area (Å²) < 4.78 is 0. The summed E-state index contributed by atoms with van der Waals surface area (Å²) in [7, 11) is 0. The molecule has 0 saturated heterocycles. The number of hydrogen-bond acceptors (Lipinski definition) is 2. The van der Waals surface area contributed by atoms with Gasteiger partial charge in [-0.15, -0.1) is 0 Å². The Morgan fingerprint density at radius 2 is 2.44 bits per heavy atom. The van der Waals surface area contributed by atoms with Crippen molar-refractivity contribution >= 4 is 0 Å². The maximum Gasteiger partial charge on any atom is 0.245 e. The third kappa shape index (κ3) is 2.64. The second-order valence-corrected chi connectivity index (χ2v) is 1.50. The van der Waals surface area contributed by atoms with Crippen LogP contribution in [0.2, 0.25) is 0 Å². The molecule has 0 N–H and O–H groups in total. The smallest absolute Gasteiger partial charge is 0.245 e. The van der Waals surface area contributed by atoms with Gasteiger partial charge in [0.2, 0.25) is 5.70 Å². The molecule has 0 atom stereocenters. The Labute approximate surface area is 53.8 Å². The molecule has 0 aliphatic carbocycles. The number of rotatable bonds is 3. The average molecular weight is 127 g/mol. The molecule has 0 heterocycles. The van der Waals surface area contributed by atoms with Crippen LogP contribution in [0.25, 0.3) is 0 Å². The Morgan fingerprint density at radius 3 is 2.56 bits per heavy atom. The Bertz CT molecular complexity index is 149. The number of nitrogens with zero attached hydrogens (tertiary/aromatic N) is 1. The Kier molecular flexibility index (Phi) is 3.35. The number of nitro groups is 1. The van der Waals surface area contributed by atoms with Crippen LogP contribution in [0.3, 0.4) is 0 Å². The van der Waals surface area contributed by atoms with Crippen molar-refractivity contribution in [3.8, 4) is 0 Å². The lowest BCUT2D eigenvalue weighted by Gasteiger charge is -1.88. The van der Waals surface area contributed by atoms with Gasteiger partial charge in [0, 0.05) is 12.5 Å². The topological polar surface area (TPSA) is 43.1 Å². The van der Waals surface area contributed by atoms with Crippen molar-refractivity contribution in [1.29, 1.82) is 0 Å². The van der Waals surface area contributed by atoms with Crippen LogP contribution in [0.1, 0.15) is 13.3 Å². The van der Waals surface area contributed by atoms with E-state index in [-0.39, 0.29) is 5.70 Å². The van der Waals surface area contributed by atoms with Gasteiger partial charge in [-0.2, -0.15) is 0 Å². The van der Waals surface area contributed by atoms with Gasteiger partial charge in [-0.3, -0.25) is 10.1 Å². The number of hydrogen-bond donors (Lipinski definition) is 0. The van der Waals surface area contributed by atoms with E-state index in [1.54, 1.807) is 6.92 Å². The molecule has 0 spiro atoms. The van der Waals surface area contributed by atoms with E-state index >= 15 is 0 Å². The van der Waals surface area contributed by atoms with E-state index < -0.39 is 4.92 Å². The lowest BCUT2D eigenvalue weighted by Crippen LogP contribution is -1.95. The van der Waals surface area contributed by atoms with E-state index in [0.29, 0.717) is 6.42 Å². The first-order chi connectivity index (χ1) is 4.22. The second kappa shape index (κ2) is 3.83. The summed E-state index contributed by atoms with van der Waals surface area (Å²) >= 11 is 0. The first-order valence-corrected chi connectivity index (χ1v) is 2.68. The van der Waals surface area contributed by atoms with E-state index in [4.69, 9.17) is 0 Å². The molecule has 3 nitrogen and oxygen atoms in total. The zero-order valence-corrected chi connectivity index (χ0v) is 5.33. The highest BCUT2D eigenvalue weighted by Crippen LogP contribution is 1.99. The fraction of sp³-hybridized carbons (Fsp3) is 0.333. The summed E-state index contributed by atoms with van der Waals surface area (Å²) in [5, 5.41) is 10.0. The van der Waals surface area contributed by atoms with Crippen molar-refractivity contribution in [1.82, 2.24) is 0 Å². The highest BCUT2D eigenvalue weighted by molar-refractivity contribution is 5.02. The fourth-order valence-corrected chi connectivity index (χ4v) is 0.444. The third-order valence-electron chi connectivity index (χ3n) is 0.907. The van der Waals surface area contributed by atoms with Crippen LogP contribution in [0, 0.1) is 10.1 Å². The van der Waals surface area contributed by atoms with Gasteiger partial charge in [0.1, 0.15) is 0 Å². The second-order valence-electron chi connectivity index (χ2n) is 1.50. The average Bonchev–Trinajstić information content (AvgIpc) is 1.82. The van der Waals surface area contributed by atoms with Gasteiger partial charge in [0.25, 0.3) is 0 Å². The standard InChI is InChI=1S/C6H9NO2/c1-3-5-6(4-2)7(8)9/h3,5H,1,4H2,2H3/b6-5+. The highest BCUT2D eigenvalue weighted by atomic mass is 16.6. The minimum atomic E-state index is -0.401. The Hall–Kier alpha value is -1.12. The molecular weight excluding hydrogens is 118 g/mol. The molecule has 9 heavy (non-hydrogen) atoms. The molecule has 3 heteroatoms. The SMILES string of the molecule is C=C/C=C(\CC)[N+](=O)[O-]. The molecule has 50 valence electrons. The molecule has 0 aromatic heterocycles. The predicted molar refractivity (Wildman–Crippen MR) is 35.6 cm³/mol. The van der Waals surface area contributed by atoms with Crippen molar-refractivity contribution in [2.75, 3.05) is 0 Å². The summed E-state index contributed by atoms with van der Waals surface area (Å²) in [5.41, 5.74) is 0.199. The molecule has 0 amide bonds. The molecule has 0 aliphatic rings. The summed E-state index contributed by atoms with van der Waals surface area (Å²) in [5.74, 6) is 0. The van der Waals surface area contributed by atoms with E-state index in [0.717, 1.165) is 0 Å². The fourth-order valence-electron chi connectivity index (χ4n) is 0.444. The molecule has 0 aromatic carbocycles. The molecule has 0 fully saturated rings. The lowest BCUT2D eigenvalue weighted by molar-refractivity contribution is -0.427. The molecule has 0 radical (unpaired) electrons. The first kappa shape index (κ1) is 7.88. The monoisotopic (exact) mass is 127 g/mol. The van der Waals surface area contributed by atoms with Crippen LogP contribution in [0.15, 0.2) is 24.4 Å². The summed E-state index contributed by atoms with van der Waals surface area (Å²) in [6, 6.07) is 0. The van der Waals surface area contributed by atoms with E-state index in [9.17, 15) is 10.1 Å². The molecule has 0 rings (SSSR count). The first-order valence-electron chi connectivity index (χ1n) is 2.68. The minimum Gasteiger partial charge on any atom is -0.259 e. The molecule has 0 bridgehead atoms. The third-order valence-corrected chi connectivity index (χ3v) is 0.907. The zero-order chi connectivity index (χ0) is 7.28. The molecule has 0 aliphatic heterocycles. The van der Waals surface area contributed by atoms with Gasteiger partial charge < -0.3 is 0 Å². The Morgan fingerprint density at radius 1 is 1.89 bits per heavy atom. The van der Waals surface area contributed by atoms with Gasteiger partial charge >= 0.3 is 0 Å². The lowest BCUT2D eigenvalue weighted by atomic mass is 10.3. The van der Waals surface area contributed by atoms with Gasteiger partial charge in [0.15, 0.2) is 0 Å². The highest BCUT2D eigenvalue weighted by Gasteiger charge is 2.02. The number of allylic oxidation sites excluding steroid dienone is 3. The van der Waals surface area contributed by atoms with Crippen molar-refractivity contribution in [2.45, 2.75) is 13.3 Å². The molecular formula is C6H9NO2. The van der Waals surface area contributed by atoms with E-state index in [2.05, 4.69) is 6.58 Å². The van der Waals surface area contributed by atoms with Crippen LogP contribution in [0.5, 0.6) is 0 Å². The quantitative estimate of drug-likeness (QED) is 0.329. The van der Waals surface area contributed by atoms with Crippen molar-refractivity contribution in [3.63, 3.8) is 0 Å². The van der Waals surface area contributed by atoms with Crippen LogP contribution in [-0.2, 0) is 0 Å². The van der Waals surface area contributed by atoms with Crippen LogP contribution >= 0.6 is 0 Å². The van der Waals surface area contributed by atoms with Gasteiger partial charge in [-0.05, 0) is 0 Å². The predicted octanol–water partition coefficient (Wildman–Crippen LogP) is 1.74. The maximum absolute atomic E-state index is 10.0. The normalized spacial score (nSPS) is 11.0. The Balaban J connectivity index is 4.14. The van der Waals surface area contributed by atoms with Crippen molar-refractivity contribution < 1.29 is 4.92 Å². The van der Waals surface area contributed by atoms with Gasteiger partial charge in [0.05, 0.1) is 4.92 Å². The van der Waals surface area contributed by atoms with E-state index in [1.165, 1.54) is 12.2 Å². The summed E-state index contributed by atoms with van der Waals surface area (Å²) in [4.78, 5) is 9.61. The van der Waals surface area contributed by atoms with Gasteiger partial charge in [-0.25, -0.2) is 0 Å². The summed E-state index contributed by atoms with van der Waals surface area (Å²) in [6.45, 7) is 5.08. The van der Waals surface area contributed by atoms with Crippen LogP contribution in [-0.4, -0.2) is 4.92 Å². The van der Waals surface area contributed by atoms with Crippen molar-refractivity contribution in [3.05, 3.63) is 34.5 Å². The summed E-state index contributed by atoms with van der Waals surface area (Å²) in [6.07, 6.45) is 3.26. The van der Waals surface area contributed by atoms with Gasteiger partial charge in [-0.1, -0.05) is 19.6 Å². The molecule has 0 aromatic rings. The largest absolute Gasteiger partial charge is 0.259 e. The van der Waals surface area contributed by atoms with Crippen LogP contribution < -0.4 is 0 Å². The van der Waals surface area contributed by atoms with E-state index in [1.807, 2.05) is 0 Å². The minimum absolute atomic E-state index is 0.199. The van der Waals surface area contributed by atoms with Crippen molar-refractivity contribution in [2.24, 2.45) is 0 Å². The maximum atomic E-state index is 10.0. The zero-order valence-electron chi connectivity index (χ0n) is 5.33.